The number of halogens is 3. The highest BCUT2D eigenvalue weighted by atomic mass is 19.4. The third-order valence-electron chi connectivity index (χ3n) is 2.08. The molecule has 0 amide bonds. The fraction of sp³-hybridized carbons (Fsp3) is 0.818. The Hall–Kier alpha value is -0.510. The number of hydrogen-bond acceptors (Lipinski definition) is 1. The van der Waals surface area contributed by atoms with Crippen LogP contribution in [0.25, 0.3) is 0 Å². The number of rotatable bonds is 9. The summed E-state index contributed by atoms with van der Waals surface area (Å²) in [5.74, 6) is 0. The third-order valence-corrected chi connectivity index (χ3v) is 2.08. The normalized spacial score (nSPS) is 11.7. The third kappa shape index (κ3) is 13.5. The maximum absolute atomic E-state index is 11.7. The molecule has 0 bridgehead atoms. The van der Waals surface area contributed by atoms with Crippen molar-refractivity contribution < 1.29 is 13.2 Å². The molecule has 90 valence electrons. The van der Waals surface area contributed by atoms with Crippen molar-refractivity contribution in [2.75, 3.05) is 13.1 Å². The molecular formula is C11H20F3N. The van der Waals surface area contributed by atoms with Crippen LogP contribution in [-0.2, 0) is 0 Å². The second kappa shape index (κ2) is 8.77. The monoisotopic (exact) mass is 223 g/mol. The van der Waals surface area contributed by atoms with E-state index in [9.17, 15) is 13.2 Å². The Morgan fingerprint density at radius 2 is 1.67 bits per heavy atom. The lowest BCUT2D eigenvalue weighted by Gasteiger charge is -2.06. The summed E-state index contributed by atoms with van der Waals surface area (Å²) in [6.07, 6.45) is 1.65. The van der Waals surface area contributed by atoms with Gasteiger partial charge in [0.2, 0.25) is 0 Å². The molecule has 0 saturated heterocycles. The smallest absolute Gasteiger partial charge is 0.317 e. The summed E-state index contributed by atoms with van der Waals surface area (Å²) in [5.41, 5.74) is 0. The van der Waals surface area contributed by atoms with E-state index in [-0.39, 0.29) is 6.42 Å². The van der Waals surface area contributed by atoms with Gasteiger partial charge in [-0.1, -0.05) is 12.5 Å². The molecule has 0 aliphatic rings. The van der Waals surface area contributed by atoms with Crippen molar-refractivity contribution in [1.29, 1.82) is 0 Å². The van der Waals surface area contributed by atoms with E-state index in [1.165, 1.54) is 0 Å². The lowest BCUT2D eigenvalue weighted by atomic mass is 10.2. The van der Waals surface area contributed by atoms with Crippen molar-refractivity contribution >= 4 is 0 Å². The van der Waals surface area contributed by atoms with Gasteiger partial charge in [-0.3, -0.25) is 0 Å². The van der Waals surface area contributed by atoms with Crippen LogP contribution in [0.3, 0.4) is 0 Å². The second-order valence-corrected chi connectivity index (χ2v) is 3.61. The van der Waals surface area contributed by atoms with Crippen molar-refractivity contribution in [2.24, 2.45) is 0 Å². The molecule has 1 N–H and O–H groups in total. The van der Waals surface area contributed by atoms with Gasteiger partial charge in [0.15, 0.2) is 0 Å². The van der Waals surface area contributed by atoms with Crippen LogP contribution in [0.4, 0.5) is 13.2 Å². The Labute approximate surface area is 89.7 Å². The first kappa shape index (κ1) is 14.5. The van der Waals surface area contributed by atoms with E-state index in [2.05, 4.69) is 11.9 Å². The van der Waals surface area contributed by atoms with Gasteiger partial charge in [-0.25, -0.2) is 0 Å². The summed E-state index contributed by atoms with van der Waals surface area (Å²) in [6.45, 7) is 4.89. The van der Waals surface area contributed by atoms with Crippen LogP contribution < -0.4 is 5.32 Å². The minimum Gasteiger partial charge on any atom is -0.317 e. The minimum absolute atomic E-state index is 0.177. The quantitative estimate of drug-likeness (QED) is 0.464. The van der Waals surface area contributed by atoms with Crippen molar-refractivity contribution in [3.8, 4) is 0 Å². The van der Waals surface area contributed by atoms with Gasteiger partial charge in [0, 0.05) is 6.42 Å². The fourth-order valence-electron chi connectivity index (χ4n) is 1.25. The lowest BCUT2D eigenvalue weighted by Crippen LogP contribution is -2.19. The molecule has 0 rings (SSSR count). The largest absolute Gasteiger partial charge is 0.389 e. The van der Waals surface area contributed by atoms with Gasteiger partial charge in [0.05, 0.1) is 0 Å². The Kier molecular flexibility index (Phi) is 8.47. The van der Waals surface area contributed by atoms with E-state index >= 15 is 0 Å². The Morgan fingerprint density at radius 3 is 2.27 bits per heavy atom. The molecule has 0 aliphatic carbocycles. The summed E-state index contributed by atoms with van der Waals surface area (Å²) < 4.78 is 35.2. The molecule has 0 atom stereocenters. The maximum Gasteiger partial charge on any atom is 0.389 e. The summed E-state index contributed by atoms with van der Waals surface area (Å²) in [7, 11) is 0. The summed E-state index contributed by atoms with van der Waals surface area (Å²) in [6, 6.07) is 0. The van der Waals surface area contributed by atoms with Crippen molar-refractivity contribution in [1.82, 2.24) is 5.32 Å². The van der Waals surface area contributed by atoms with Gasteiger partial charge >= 0.3 is 6.18 Å². The average molecular weight is 223 g/mol. The molecule has 0 aliphatic heterocycles. The van der Waals surface area contributed by atoms with Gasteiger partial charge in [0.1, 0.15) is 0 Å². The molecule has 0 aromatic heterocycles. The van der Waals surface area contributed by atoms with Crippen LogP contribution in [0.2, 0.25) is 0 Å². The summed E-state index contributed by atoms with van der Waals surface area (Å²) >= 11 is 0. The van der Waals surface area contributed by atoms with Gasteiger partial charge < -0.3 is 5.32 Å². The standard InChI is InChI=1S/C11H20F3N/c1-2-3-4-5-6-9-15-10-7-8-11(12,13)14/h2,15H,1,3-10H2. The minimum atomic E-state index is -4.01. The highest BCUT2D eigenvalue weighted by molar-refractivity contribution is 4.65. The molecule has 0 aromatic rings. The molecule has 0 aromatic carbocycles. The zero-order valence-corrected chi connectivity index (χ0v) is 9.08. The van der Waals surface area contributed by atoms with E-state index in [0.717, 1.165) is 32.2 Å². The fourth-order valence-corrected chi connectivity index (χ4v) is 1.25. The number of allylic oxidation sites excluding steroid dienone is 1. The average Bonchev–Trinajstić information content (AvgIpc) is 2.14. The van der Waals surface area contributed by atoms with Crippen LogP contribution in [0.15, 0.2) is 12.7 Å². The number of unbranched alkanes of at least 4 members (excludes halogenated alkanes) is 3. The first-order chi connectivity index (χ1) is 7.06. The van der Waals surface area contributed by atoms with Crippen LogP contribution in [-0.4, -0.2) is 19.3 Å². The highest BCUT2D eigenvalue weighted by Gasteiger charge is 2.25. The molecule has 0 unspecified atom stereocenters. The highest BCUT2D eigenvalue weighted by Crippen LogP contribution is 2.20. The molecule has 0 saturated carbocycles. The van der Waals surface area contributed by atoms with E-state index in [4.69, 9.17) is 0 Å². The van der Waals surface area contributed by atoms with Gasteiger partial charge in [-0.05, 0) is 38.8 Å². The SMILES string of the molecule is C=CCCCCCNCCCC(F)(F)F. The number of hydrogen-bond donors (Lipinski definition) is 1. The van der Waals surface area contributed by atoms with Gasteiger partial charge in [0.25, 0.3) is 0 Å². The van der Waals surface area contributed by atoms with Crippen molar-refractivity contribution in [3.63, 3.8) is 0 Å². The summed E-state index contributed by atoms with van der Waals surface area (Å²) in [5, 5.41) is 3.01. The molecule has 0 radical (unpaired) electrons. The van der Waals surface area contributed by atoms with E-state index < -0.39 is 12.6 Å². The van der Waals surface area contributed by atoms with Crippen LogP contribution in [0.5, 0.6) is 0 Å². The molecule has 0 fully saturated rings. The second-order valence-electron chi connectivity index (χ2n) is 3.61. The van der Waals surface area contributed by atoms with Crippen LogP contribution in [0.1, 0.15) is 38.5 Å². The Bertz CT molecular complexity index is 154. The van der Waals surface area contributed by atoms with Gasteiger partial charge in [-0.2, -0.15) is 13.2 Å². The molecule has 15 heavy (non-hydrogen) atoms. The van der Waals surface area contributed by atoms with Gasteiger partial charge in [-0.15, -0.1) is 6.58 Å². The number of alkyl halides is 3. The molecule has 1 nitrogen and oxygen atoms in total. The van der Waals surface area contributed by atoms with Crippen LogP contribution in [0, 0.1) is 0 Å². The van der Waals surface area contributed by atoms with E-state index in [1.54, 1.807) is 0 Å². The Balaban J connectivity index is 3.02. The zero-order chi connectivity index (χ0) is 11.6. The summed E-state index contributed by atoms with van der Waals surface area (Å²) in [4.78, 5) is 0. The molecular weight excluding hydrogens is 203 g/mol. The lowest BCUT2D eigenvalue weighted by molar-refractivity contribution is -0.135. The molecule has 0 heterocycles. The number of nitrogens with one attached hydrogen (secondary N) is 1. The van der Waals surface area contributed by atoms with Crippen LogP contribution >= 0.6 is 0 Å². The first-order valence-corrected chi connectivity index (χ1v) is 5.44. The maximum atomic E-state index is 11.7. The molecule has 4 heteroatoms. The van der Waals surface area contributed by atoms with Crippen molar-refractivity contribution in [2.45, 2.75) is 44.7 Å². The predicted molar refractivity (Wildman–Crippen MR) is 56.8 cm³/mol. The first-order valence-electron chi connectivity index (χ1n) is 5.44. The predicted octanol–water partition coefficient (Wildman–Crippen LogP) is 3.66. The topological polar surface area (TPSA) is 12.0 Å². The van der Waals surface area contributed by atoms with E-state index in [0.29, 0.717) is 6.54 Å². The Morgan fingerprint density at radius 1 is 1.00 bits per heavy atom. The molecule has 0 spiro atoms. The van der Waals surface area contributed by atoms with Crippen molar-refractivity contribution in [3.05, 3.63) is 12.7 Å². The zero-order valence-electron chi connectivity index (χ0n) is 9.08. The van der Waals surface area contributed by atoms with E-state index in [1.807, 2.05) is 6.08 Å².